The van der Waals surface area contributed by atoms with E-state index in [-0.39, 0.29) is 0 Å². The number of hydrogen-bond acceptors (Lipinski definition) is 1. The molecule has 0 unspecified atom stereocenters. The van der Waals surface area contributed by atoms with Gasteiger partial charge in [0.05, 0.1) is 0 Å². The Morgan fingerprint density at radius 3 is 1.17 bits per heavy atom. The van der Waals surface area contributed by atoms with Gasteiger partial charge < -0.3 is 13.2 Å². The van der Waals surface area contributed by atoms with Crippen LogP contribution in [0.2, 0.25) is 0 Å². The summed E-state index contributed by atoms with van der Waals surface area (Å²) in [6.45, 7) is -3.08. The third-order valence-electron chi connectivity index (χ3n) is 0. The third-order valence-corrected chi connectivity index (χ3v) is 0. The summed E-state index contributed by atoms with van der Waals surface area (Å²) in [6.07, 6.45) is 0. The molecule has 0 atom stereocenters. The molecule has 0 rings (SSSR count). The van der Waals surface area contributed by atoms with Crippen LogP contribution in [0.5, 0.6) is 0 Å². The van der Waals surface area contributed by atoms with Crippen molar-refractivity contribution < 1.29 is 32.4 Å². The Labute approximate surface area is 49.0 Å². The zero-order chi connectivity index (χ0) is 5.58. The molecule has 0 saturated carbocycles. The summed E-state index contributed by atoms with van der Waals surface area (Å²) in [5.41, 5.74) is 0. The summed E-state index contributed by atoms with van der Waals surface area (Å²) >= 11 is 2.53. The topological polar surface area (TPSA) is 0 Å². The van der Waals surface area contributed by atoms with Crippen molar-refractivity contribution >= 4 is 9.58 Å². The van der Waals surface area contributed by atoms with Gasteiger partial charge in [-0.05, 0) is 0 Å². The molecule has 0 heterocycles. The van der Waals surface area contributed by atoms with Crippen LogP contribution in [0.4, 0.5) is 13.2 Å². The van der Waals surface area contributed by atoms with Crippen molar-refractivity contribution in [1.29, 1.82) is 0 Å². The first kappa shape index (κ1) is 9.89. The van der Waals surface area contributed by atoms with Crippen LogP contribution in [0.15, 0.2) is 0 Å². The molecule has 0 saturated heterocycles. The second-order valence-electron chi connectivity index (χ2n) is 0.214. The molecular formula is CAgF3S-. The fourth-order valence-electron chi connectivity index (χ4n) is 0. The molecule has 5 heteroatoms. The van der Waals surface area contributed by atoms with Crippen molar-refractivity contribution in [3.8, 4) is 0 Å². The van der Waals surface area contributed by atoms with Gasteiger partial charge in [0.15, 0.2) is 6.68 Å². The molecule has 0 aromatic rings. The van der Waals surface area contributed by atoms with Crippen LogP contribution in [-0.4, -0.2) is 0 Å². The first-order valence-electron chi connectivity index (χ1n) is 0.690. The summed E-state index contributed by atoms with van der Waals surface area (Å²) in [4.78, 5) is 0. The van der Waals surface area contributed by atoms with E-state index in [0.717, 1.165) is 0 Å². The summed E-state index contributed by atoms with van der Waals surface area (Å²) in [5.74, 6) is 0. The first-order chi connectivity index (χ1) is 2.73. The van der Waals surface area contributed by atoms with Crippen LogP contribution in [0.1, 0.15) is 0 Å². The average Bonchev–Trinajstić information content (AvgIpc) is 1.41. The van der Waals surface area contributed by atoms with Gasteiger partial charge in [0.2, 0.25) is 0 Å². The van der Waals surface area contributed by atoms with Crippen molar-refractivity contribution in [2.75, 3.05) is 0 Å². The molecule has 0 radical (unpaired) electrons. The number of hydrogen-bond donors (Lipinski definition) is 0. The predicted molar refractivity (Wildman–Crippen MR) is 14.2 cm³/mol. The van der Waals surface area contributed by atoms with Crippen LogP contribution < -0.4 is 0 Å². The fourth-order valence-corrected chi connectivity index (χ4v) is 0. The Morgan fingerprint density at radius 1 is 1.17 bits per heavy atom. The van der Waals surface area contributed by atoms with Crippen LogP contribution in [0.3, 0.4) is 0 Å². The molecule has 0 bridgehead atoms. The van der Waals surface area contributed by atoms with E-state index in [2.05, 4.69) is 28.8 Å². The van der Waals surface area contributed by atoms with E-state index in [1.165, 1.54) is 0 Å². The van der Waals surface area contributed by atoms with Gasteiger partial charge in [0.1, 0.15) is 0 Å². The Morgan fingerprint density at radius 2 is 1.17 bits per heavy atom. The van der Waals surface area contributed by atoms with Crippen molar-refractivity contribution in [3.05, 3.63) is 6.68 Å². The van der Waals surface area contributed by atoms with E-state index in [9.17, 15) is 13.2 Å². The molecule has 6 heavy (non-hydrogen) atoms. The second-order valence-corrected chi connectivity index (χ2v) is 0.214. The number of rotatable bonds is 0. The predicted octanol–water partition coefficient (Wildman–Crippen LogP) is 1.99. The van der Waals surface area contributed by atoms with Crippen molar-refractivity contribution in [2.45, 2.75) is 0 Å². The minimum absolute atomic E-state index is 2.53. The average molecular weight is 209 g/mol. The van der Waals surface area contributed by atoms with Crippen molar-refractivity contribution in [2.24, 2.45) is 0 Å². The zero-order valence-corrected chi connectivity index (χ0v) is 4.64. The van der Waals surface area contributed by atoms with Crippen LogP contribution >= 0.6 is 9.58 Å². The van der Waals surface area contributed by atoms with Gasteiger partial charge in [-0.2, -0.15) is 0 Å². The summed E-state index contributed by atoms with van der Waals surface area (Å²) in [5, 5.41) is 0. The van der Waals surface area contributed by atoms with Gasteiger partial charge in [-0.1, -0.05) is 0 Å². The molecular weight excluding hydrogens is 209 g/mol. The molecule has 0 aromatic carbocycles. The fraction of sp³-hybridized carbons (Fsp3) is 0. The molecule has 0 aliphatic rings. The van der Waals surface area contributed by atoms with E-state index in [1.807, 2.05) is 0 Å². The zero-order valence-electron chi connectivity index (χ0n) is 2.34. The SMILES string of the molecule is F[C-](F)F.[S]=[Ag]. The van der Waals surface area contributed by atoms with Crippen molar-refractivity contribution in [3.63, 3.8) is 0 Å². The summed E-state index contributed by atoms with van der Waals surface area (Å²) in [7, 11) is 3.89. The molecule has 0 fully saturated rings. The van der Waals surface area contributed by atoms with E-state index < -0.39 is 6.68 Å². The van der Waals surface area contributed by atoms with E-state index in [1.54, 1.807) is 0 Å². The monoisotopic (exact) mass is 208 g/mol. The minimum atomic E-state index is -3.08. The molecule has 43 valence electrons. The van der Waals surface area contributed by atoms with Crippen LogP contribution in [0, 0.1) is 6.68 Å². The van der Waals surface area contributed by atoms with Crippen LogP contribution in [-0.2, 0) is 19.2 Å². The quantitative estimate of drug-likeness (QED) is 0.434. The van der Waals surface area contributed by atoms with Crippen molar-refractivity contribution in [1.82, 2.24) is 0 Å². The Balaban J connectivity index is 0. The third kappa shape index (κ3) is 119. The second kappa shape index (κ2) is 9.23. The molecule has 0 N–H and O–H groups in total. The van der Waals surface area contributed by atoms with E-state index in [0.29, 0.717) is 0 Å². The van der Waals surface area contributed by atoms with E-state index >= 15 is 0 Å². The standard InChI is InChI=1S/CF3.Ag.S/c2-1(3)4;;/q-1;;. The van der Waals surface area contributed by atoms with Gasteiger partial charge in [-0.25, -0.2) is 0 Å². The van der Waals surface area contributed by atoms with Gasteiger partial charge in [0.25, 0.3) is 0 Å². The molecule has 0 spiro atoms. The van der Waals surface area contributed by atoms with Crippen LogP contribution in [0.25, 0.3) is 0 Å². The Hall–Kier alpha value is 0.750. The van der Waals surface area contributed by atoms with Gasteiger partial charge in [-0.3, -0.25) is 0 Å². The van der Waals surface area contributed by atoms with E-state index in [4.69, 9.17) is 0 Å². The molecule has 0 aliphatic carbocycles. The summed E-state index contributed by atoms with van der Waals surface area (Å²) in [6, 6.07) is 0. The van der Waals surface area contributed by atoms with Gasteiger partial charge >= 0.3 is 28.8 Å². The molecule has 0 aromatic heterocycles. The van der Waals surface area contributed by atoms with Gasteiger partial charge in [0, 0.05) is 0 Å². The number of halogens is 3. The first-order valence-corrected chi connectivity index (χ1v) is 2.75. The molecule has 0 nitrogen and oxygen atoms in total. The molecule has 0 amide bonds. The summed E-state index contributed by atoms with van der Waals surface area (Å²) < 4.78 is 28.8. The Bertz CT molecular complexity index is 22.0. The maximum absolute atomic E-state index is 9.58. The molecule has 0 aliphatic heterocycles. The Kier molecular flexibility index (Phi) is 15.2. The normalized spacial score (nSPS) is 7.00. The maximum atomic E-state index is 9.58. The van der Waals surface area contributed by atoms with Gasteiger partial charge in [-0.15, -0.1) is 0 Å².